The van der Waals surface area contributed by atoms with Gasteiger partial charge >= 0.3 is 0 Å². The van der Waals surface area contributed by atoms with Gasteiger partial charge in [0.2, 0.25) is 5.91 Å². The number of carbonyl (C=O) groups is 1. The van der Waals surface area contributed by atoms with E-state index in [1.807, 2.05) is 0 Å². The second-order valence-corrected chi connectivity index (χ2v) is 6.02. The number of aliphatic hydroxyl groups excluding tert-OH is 1. The normalized spacial score (nSPS) is 26.1. The van der Waals surface area contributed by atoms with Crippen LogP contribution < -0.4 is 11.1 Å². The largest absolute Gasteiger partial charge is 0.393 e. The Hall–Kier alpha value is -0.610. The van der Waals surface area contributed by atoms with Gasteiger partial charge in [-0.05, 0) is 50.5 Å². The van der Waals surface area contributed by atoms with Crippen molar-refractivity contribution in [2.45, 2.75) is 64.5 Å². The van der Waals surface area contributed by atoms with E-state index in [1.165, 1.54) is 0 Å². The number of nitrogens with one attached hydrogen (secondary N) is 1. The van der Waals surface area contributed by atoms with Crippen molar-refractivity contribution in [3.63, 3.8) is 0 Å². The summed E-state index contributed by atoms with van der Waals surface area (Å²) in [5.74, 6) is 0.937. The second kappa shape index (κ2) is 7.74. The van der Waals surface area contributed by atoms with Crippen LogP contribution in [-0.2, 0) is 4.79 Å². The second-order valence-electron chi connectivity index (χ2n) is 6.02. The molecule has 0 saturated heterocycles. The lowest BCUT2D eigenvalue weighted by Crippen LogP contribution is -2.40. The van der Waals surface area contributed by atoms with E-state index in [-0.39, 0.29) is 24.0 Å². The van der Waals surface area contributed by atoms with Crippen LogP contribution in [0.1, 0.15) is 52.4 Å². The van der Waals surface area contributed by atoms with Gasteiger partial charge in [0.15, 0.2) is 0 Å². The molecule has 1 amide bonds. The minimum atomic E-state index is -0.245. The summed E-state index contributed by atoms with van der Waals surface area (Å²) in [7, 11) is 0. The molecule has 3 unspecified atom stereocenters. The number of amides is 1. The summed E-state index contributed by atoms with van der Waals surface area (Å²) in [6.45, 7) is 4.87. The van der Waals surface area contributed by atoms with Gasteiger partial charge in [0.25, 0.3) is 0 Å². The molecule has 0 heterocycles. The van der Waals surface area contributed by atoms with Crippen LogP contribution in [-0.4, -0.2) is 29.7 Å². The smallest absolute Gasteiger partial charge is 0.220 e. The average Bonchev–Trinajstić information content (AvgIpc) is 2.27. The molecule has 0 aromatic carbocycles. The topological polar surface area (TPSA) is 75.4 Å². The van der Waals surface area contributed by atoms with Gasteiger partial charge in [0.05, 0.1) is 6.10 Å². The van der Waals surface area contributed by atoms with Crippen molar-refractivity contribution >= 4 is 5.91 Å². The predicted octanol–water partition coefficient (Wildman–Crippen LogP) is 1.42. The first kappa shape index (κ1) is 15.4. The maximum Gasteiger partial charge on any atom is 0.220 e. The van der Waals surface area contributed by atoms with Crippen LogP contribution in [0.25, 0.3) is 0 Å². The summed E-state index contributed by atoms with van der Waals surface area (Å²) in [6, 6.07) is 0.152. The Labute approximate surface area is 110 Å². The molecule has 1 rings (SSSR count). The van der Waals surface area contributed by atoms with Gasteiger partial charge in [-0.2, -0.15) is 0 Å². The van der Waals surface area contributed by atoms with E-state index in [4.69, 9.17) is 5.73 Å². The molecule has 0 spiro atoms. The quantitative estimate of drug-likeness (QED) is 0.672. The standard InChI is InChI=1S/C14H28N2O2/c1-10(2)6-11(9-15)7-14(18)16-12-4-3-5-13(17)8-12/h10-13,17H,3-9,15H2,1-2H3,(H,16,18). The number of aliphatic hydroxyl groups is 1. The molecular formula is C14H28N2O2. The molecule has 106 valence electrons. The number of rotatable bonds is 6. The zero-order valence-corrected chi connectivity index (χ0v) is 11.7. The molecule has 4 N–H and O–H groups in total. The molecule has 18 heavy (non-hydrogen) atoms. The fraction of sp³-hybridized carbons (Fsp3) is 0.929. The lowest BCUT2D eigenvalue weighted by molar-refractivity contribution is -0.123. The van der Waals surface area contributed by atoms with E-state index in [0.717, 1.165) is 25.7 Å². The lowest BCUT2D eigenvalue weighted by atomic mass is 9.91. The summed E-state index contributed by atoms with van der Waals surface area (Å²) in [5, 5.41) is 12.6. The van der Waals surface area contributed by atoms with Crippen molar-refractivity contribution < 1.29 is 9.90 Å². The molecule has 4 heteroatoms. The van der Waals surface area contributed by atoms with Gasteiger partial charge in [-0.15, -0.1) is 0 Å². The molecule has 3 atom stereocenters. The zero-order chi connectivity index (χ0) is 13.5. The Kier molecular flexibility index (Phi) is 6.65. The van der Waals surface area contributed by atoms with Crippen molar-refractivity contribution in [1.82, 2.24) is 5.32 Å². The van der Waals surface area contributed by atoms with Gasteiger partial charge < -0.3 is 16.2 Å². The summed E-state index contributed by atoms with van der Waals surface area (Å²) in [5.41, 5.74) is 5.70. The summed E-state index contributed by atoms with van der Waals surface area (Å²) < 4.78 is 0. The van der Waals surface area contributed by atoms with E-state index in [1.54, 1.807) is 0 Å². The molecular weight excluding hydrogens is 228 g/mol. The predicted molar refractivity (Wildman–Crippen MR) is 73.0 cm³/mol. The molecule has 1 aliphatic rings. The Morgan fingerprint density at radius 1 is 1.44 bits per heavy atom. The van der Waals surface area contributed by atoms with Crippen LogP contribution in [0, 0.1) is 11.8 Å². The Morgan fingerprint density at radius 3 is 2.72 bits per heavy atom. The number of hydrogen-bond donors (Lipinski definition) is 3. The highest BCUT2D eigenvalue weighted by molar-refractivity contribution is 5.76. The maximum atomic E-state index is 11.9. The molecule has 0 aromatic heterocycles. The van der Waals surface area contributed by atoms with Crippen LogP contribution in [0.2, 0.25) is 0 Å². The van der Waals surface area contributed by atoms with Gasteiger partial charge in [-0.1, -0.05) is 13.8 Å². The Morgan fingerprint density at radius 2 is 2.17 bits per heavy atom. The van der Waals surface area contributed by atoms with E-state index >= 15 is 0 Å². The van der Waals surface area contributed by atoms with Crippen LogP contribution in [0.3, 0.4) is 0 Å². The molecule has 0 radical (unpaired) electrons. The number of carbonyl (C=O) groups excluding carboxylic acids is 1. The molecule has 1 saturated carbocycles. The molecule has 1 aliphatic carbocycles. The first-order valence-electron chi connectivity index (χ1n) is 7.18. The van der Waals surface area contributed by atoms with Gasteiger partial charge in [0, 0.05) is 12.5 Å². The minimum Gasteiger partial charge on any atom is -0.393 e. The zero-order valence-electron chi connectivity index (χ0n) is 11.7. The van der Waals surface area contributed by atoms with Crippen LogP contribution in [0.15, 0.2) is 0 Å². The van der Waals surface area contributed by atoms with Crippen molar-refractivity contribution in [1.29, 1.82) is 0 Å². The summed E-state index contributed by atoms with van der Waals surface area (Å²) >= 11 is 0. The monoisotopic (exact) mass is 256 g/mol. The molecule has 0 aliphatic heterocycles. The fourth-order valence-corrected chi connectivity index (χ4v) is 2.77. The van der Waals surface area contributed by atoms with Crippen molar-refractivity contribution in [2.75, 3.05) is 6.54 Å². The minimum absolute atomic E-state index is 0.0881. The fourth-order valence-electron chi connectivity index (χ4n) is 2.77. The van der Waals surface area contributed by atoms with Crippen LogP contribution in [0.4, 0.5) is 0 Å². The third-order valence-electron chi connectivity index (χ3n) is 3.62. The lowest BCUT2D eigenvalue weighted by Gasteiger charge is -2.27. The molecule has 4 nitrogen and oxygen atoms in total. The summed E-state index contributed by atoms with van der Waals surface area (Å²) in [4.78, 5) is 11.9. The number of hydrogen-bond acceptors (Lipinski definition) is 3. The van der Waals surface area contributed by atoms with Gasteiger partial charge in [-0.3, -0.25) is 4.79 Å². The number of nitrogens with two attached hydrogens (primary N) is 1. The average molecular weight is 256 g/mol. The highest BCUT2D eigenvalue weighted by atomic mass is 16.3. The maximum absolute atomic E-state index is 11.9. The van der Waals surface area contributed by atoms with Crippen LogP contribution in [0.5, 0.6) is 0 Å². The Bertz CT molecular complexity index is 248. The van der Waals surface area contributed by atoms with E-state index < -0.39 is 0 Å². The van der Waals surface area contributed by atoms with Crippen molar-refractivity contribution in [3.8, 4) is 0 Å². The van der Waals surface area contributed by atoms with Gasteiger partial charge in [0.1, 0.15) is 0 Å². The van der Waals surface area contributed by atoms with Gasteiger partial charge in [-0.25, -0.2) is 0 Å². The molecule has 1 fully saturated rings. The van der Waals surface area contributed by atoms with Crippen molar-refractivity contribution in [2.24, 2.45) is 17.6 Å². The van der Waals surface area contributed by atoms with E-state index in [9.17, 15) is 9.90 Å². The van der Waals surface area contributed by atoms with E-state index in [2.05, 4.69) is 19.2 Å². The van der Waals surface area contributed by atoms with E-state index in [0.29, 0.717) is 25.3 Å². The van der Waals surface area contributed by atoms with Crippen molar-refractivity contribution in [3.05, 3.63) is 0 Å². The first-order valence-corrected chi connectivity index (χ1v) is 7.18. The SMILES string of the molecule is CC(C)CC(CN)CC(=O)NC1CCCC(O)C1. The van der Waals surface area contributed by atoms with Crippen LogP contribution >= 0.6 is 0 Å². The summed E-state index contributed by atoms with van der Waals surface area (Å²) in [6.07, 6.45) is 4.82. The first-order chi connectivity index (χ1) is 8.51. The third-order valence-corrected chi connectivity index (χ3v) is 3.62. The highest BCUT2D eigenvalue weighted by Gasteiger charge is 2.22. The highest BCUT2D eigenvalue weighted by Crippen LogP contribution is 2.19. The molecule has 0 bridgehead atoms. The molecule has 0 aromatic rings. The third kappa shape index (κ3) is 5.83. The Balaban J connectivity index is 2.30.